The number of likely N-dealkylation sites (N-methyl/N-ethyl adjacent to an activating group) is 1. The molecule has 0 bridgehead atoms. The van der Waals surface area contributed by atoms with E-state index in [9.17, 15) is 4.79 Å². The first-order valence-electron chi connectivity index (χ1n) is 7.16. The van der Waals surface area contributed by atoms with Gasteiger partial charge in [0.05, 0.1) is 12.5 Å². The fourth-order valence-corrected chi connectivity index (χ4v) is 3.37. The number of hydrogen-bond donors (Lipinski definition) is 0. The monoisotopic (exact) mass is 254 g/mol. The lowest BCUT2D eigenvalue weighted by atomic mass is 10.0. The quantitative estimate of drug-likeness (QED) is 0.762. The van der Waals surface area contributed by atoms with E-state index in [1.54, 1.807) is 7.11 Å². The minimum absolute atomic E-state index is 0.0278. The lowest BCUT2D eigenvalue weighted by Crippen LogP contribution is -2.47. The molecule has 2 rings (SSSR count). The van der Waals surface area contributed by atoms with Gasteiger partial charge in [-0.25, -0.2) is 0 Å². The molecule has 0 aromatic carbocycles. The van der Waals surface area contributed by atoms with Crippen LogP contribution in [-0.2, 0) is 9.53 Å². The second-order valence-corrected chi connectivity index (χ2v) is 5.74. The lowest BCUT2D eigenvalue weighted by molar-refractivity contribution is -0.135. The van der Waals surface area contributed by atoms with Crippen LogP contribution < -0.4 is 0 Å². The second kappa shape index (κ2) is 6.02. The molecule has 2 heterocycles. The van der Waals surface area contributed by atoms with Gasteiger partial charge in [-0.05, 0) is 46.2 Å². The van der Waals surface area contributed by atoms with E-state index in [1.165, 1.54) is 25.8 Å². The first-order chi connectivity index (χ1) is 8.63. The third-order valence-electron chi connectivity index (χ3n) is 4.51. The van der Waals surface area contributed by atoms with Gasteiger partial charge in [-0.15, -0.1) is 0 Å². The van der Waals surface area contributed by atoms with Crippen molar-refractivity contribution in [2.24, 2.45) is 0 Å². The van der Waals surface area contributed by atoms with Crippen molar-refractivity contribution in [1.29, 1.82) is 0 Å². The van der Waals surface area contributed by atoms with E-state index >= 15 is 0 Å². The van der Waals surface area contributed by atoms with E-state index < -0.39 is 0 Å². The molecule has 0 saturated carbocycles. The molecule has 4 heteroatoms. The largest absolute Gasteiger partial charge is 0.381 e. The van der Waals surface area contributed by atoms with Gasteiger partial charge in [0.2, 0.25) is 5.91 Å². The zero-order chi connectivity index (χ0) is 13.1. The van der Waals surface area contributed by atoms with Gasteiger partial charge in [-0.1, -0.05) is 0 Å². The maximum atomic E-state index is 12.3. The number of amides is 1. The highest BCUT2D eigenvalue weighted by atomic mass is 16.5. The van der Waals surface area contributed by atoms with Crippen LogP contribution in [0.4, 0.5) is 0 Å². The molecule has 0 aromatic rings. The molecule has 2 aliphatic heterocycles. The fraction of sp³-hybridized carbons (Fsp3) is 0.929. The predicted octanol–water partition coefficient (Wildman–Crippen LogP) is 1.50. The average Bonchev–Trinajstić information content (AvgIpc) is 2.96. The number of hydrogen-bond acceptors (Lipinski definition) is 3. The summed E-state index contributed by atoms with van der Waals surface area (Å²) in [4.78, 5) is 16.9. The van der Waals surface area contributed by atoms with Crippen molar-refractivity contribution in [3.8, 4) is 0 Å². The summed E-state index contributed by atoms with van der Waals surface area (Å²) >= 11 is 0. The standard InChI is InChI=1S/C14H26N2O2/c1-11(18-3)10-14(17)16-9-5-7-13(16)12-6-4-8-15(12)2/h11-13H,4-10H2,1-3H3/t11-,12+,13-/m1/s1. The summed E-state index contributed by atoms with van der Waals surface area (Å²) in [5.74, 6) is 0.271. The molecule has 2 aliphatic rings. The maximum absolute atomic E-state index is 12.3. The number of carbonyl (C=O) groups is 1. The summed E-state index contributed by atoms with van der Waals surface area (Å²) in [6, 6.07) is 1.02. The van der Waals surface area contributed by atoms with Crippen LogP contribution in [0.25, 0.3) is 0 Å². The Kier molecular flexibility index (Phi) is 4.62. The van der Waals surface area contributed by atoms with E-state index in [0.29, 0.717) is 18.5 Å². The number of carbonyl (C=O) groups excluding carboxylic acids is 1. The summed E-state index contributed by atoms with van der Waals surface area (Å²) in [5, 5.41) is 0. The molecule has 2 fully saturated rings. The van der Waals surface area contributed by atoms with Crippen LogP contribution in [0.1, 0.15) is 39.0 Å². The average molecular weight is 254 g/mol. The highest BCUT2D eigenvalue weighted by molar-refractivity contribution is 5.77. The van der Waals surface area contributed by atoms with Crippen molar-refractivity contribution >= 4 is 5.91 Å². The fourth-order valence-electron chi connectivity index (χ4n) is 3.37. The van der Waals surface area contributed by atoms with Gasteiger partial charge >= 0.3 is 0 Å². The van der Waals surface area contributed by atoms with E-state index in [-0.39, 0.29) is 12.0 Å². The van der Waals surface area contributed by atoms with Crippen LogP contribution in [0.2, 0.25) is 0 Å². The Labute approximate surface area is 110 Å². The Hall–Kier alpha value is -0.610. The number of rotatable bonds is 4. The second-order valence-electron chi connectivity index (χ2n) is 5.74. The number of ether oxygens (including phenoxy) is 1. The van der Waals surface area contributed by atoms with Crippen molar-refractivity contribution in [3.05, 3.63) is 0 Å². The molecule has 0 unspecified atom stereocenters. The molecular weight excluding hydrogens is 228 g/mol. The van der Waals surface area contributed by atoms with Crippen molar-refractivity contribution in [2.45, 2.75) is 57.2 Å². The minimum atomic E-state index is 0.0278. The molecule has 0 aromatic heterocycles. The summed E-state index contributed by atoms with van der Waals surface area (Å²) < 4.78 is 5.20. The third-order valence-corrected chi connectivity index (χ3v) is 4.51. The zero-order valence-corrected chi connectivity index (χ0v) is 11.9. The van der Waals surface area contributed by atoms with Crippen LogP contribution >= 0.6 is 0 Å². The van der Waals surface area contributed by atoms with Gasteiger partial charge < -0.3 is 14.5 Å². The molecule has 3 atom stereocenters. The molecule has 0 N–H and O–H groups in total. The molecule has 0 radical (unpaired) electrons. The van der Waals surface area contributed by atoms with Crippen molar-refractivity contribution in [3.63, 3.8) is 0 Å². The zero-order valence-electron chi connectivity index (χ0n) is 11.9. The Morgan fingerprint density at radius 2 is 1.94 bits per heavy atom. The first-order valence-corrected chi connectivity index (χ1v) is 7.16. The van der Waals surface area contributed by atoms with Crippen LogP contribution in [-0.4, -0.2) is 61.1 Å². The van der Waals surface area contributed by atoms with Crippen LogP contribution in [0.5, 0.6) is 0 Å². The maximum Gasteiger partial charge on any atom is 0.225 e. The van der Waals surface area contributed by atoms with E-state index in [4.69, 9.17) is 4.74 Å². The smallest absolute Gasteiger partial charge is 0.225 e. The SMILES string of the molecule is CO[C@H](C)CC(=O)N1CCC[C@@H]1[C@@H]1CCCN1C. The summed E-state index contributed by atoms with van der Waals surface area (Å²) in [5.41, 5.74) is 0. The molecule has 4 nitrogen and oxygen atoms in total. The number of methoxy groups -OCH3 is 1. The van der Waals surface area contributed by atoms with Gasteiger partial charge in [0.1, 0.15) is 0 Å². The Balaban J connectivity index is 1.96. The lowest BCUT2D eigenvalue weighted by Gasteiger charge is -2.33. The number of nitrogens with zero attached hydrogens (tertiary/aromatic N) is 2. The van der Waals surface area contributed by atoms with E-state index in [1.807, 2.05) is 6.92 Å². The van der Waals surface area contributed by atoms with Gasteiger partial charge in [-0.2, -0.15) is 0 Å². The highest BCUT2D eigenvalue weighted by Gasteiger charge is 2.38. The van der Waals surface area contributed by atoms with E-state index in [2.05, 4.69) is 16.8 Å². The van der Waals surface area contributed by atoms with Crippen molar-refractivity contribution in [1.82, 2.24) is 9.80 Å². The Bertz CT molecular complexity index is 296. The predicted molar refractivity (Wildman–Crippen MR) is 71.5 cm³/mol. The van der Waals surface area contributed by atoms with Crippen LogP contribution in [0.3, 0.4) is 0 Å². The van der Waals surface area contributed by atoms with Crippen LogP contribution in [0, 0.1) is 0 Å². The minimum Gasteiger partial charge on any atom is -0.381 e. The number of likely N-dealkylation sites (tertiary alicyclic amines) is 2. The molecule has 104 valence electrons. The van der Waals surface area contributed by atoms with Gasteiger partial charge in [0.25, 0.3) is 0 Å². The molecule has 1 amide bonds. The van der Waals surface area contributed by atoms with Crippen molar-refractivity contribution in [2.75, 3.05) is 27.2 Å². The van der Waals surface area contributed by atoms with Gasteiger partial charge in [0.15, 0.2) is 0 Å². The Morgan fingerprint density at radius 3 is 2.56 bits per heavy atom. The van der Waals surface area contributed by atoms with Gasteiger partial charge in [0, 0.05) is 25.7 Å². The van der Waals surface area contributed by atoms with E-state index in [0.717, 1.165) is 13.0 Å². The Morgan fingerprint density at radius 1 is 1.28 bits per heavy atom. The normalized spacial score (nSPS) is 30.9. The van der Waals surface area contributed by atoms with Crippen LogP contribution in [0.15, 0.2) is 0 Å². The molecule has 18 heavy (non-hydrogen) atoms. The molecular formula is C14H26N2O2. The third kappa shape index (κ3) is 2.86. The van der Waals surface area contributed by atoms with Crippen molar-refractivity contribution < 1.29 is 9.53 Å². The first kappa shape index (κ1) is 13.8. The topological polar surface area (TPSA) is 32.8 Å². The molecule has 0 spiro atoms. The summed E-state index contributed by atoms with van der Waals surface area (Å²) in [6.45, 7) is 4.08. The molecule has 2 saturated heterocycles. The van der Waals surface area contributed by atoms with Gasteiger partial charge in [-0.3, -0.25) is 4.79 Å². The molecule has 0 aliphatic carbocycles. The summed E-state index contributed by atoms with van der Waals surface area (Å²) in [7, 11) is 3.86. The summed E-state index contributed by atoms with van der Waals surface area (Å²) in [6.07, 6.45) is 5.38. The highest BCUT2D eigenvalue weighted by Crippen LogP contribution is 2.29.